The Bertz CT molecular complexity index is 581. The van der Waals surface area contributed by atoms with Gasteiger partial charge in [-0.3, -0.25) is 4.79 Å². The zero-order chi connectivity index (χ0) is 15.8. The van der Waals surface area contributed by atoms with E-state index in [9.17, 15) is 4.79 Å². The Hall–Kier alpha value is -2.56. The number of hydrogen-bond donors (Lipinski definition) is 1. The molecule has 5 nitrogen and oxygen atoms in total. The maximum atomic E-state index is 11.8. The summed E-state index contributed by atoms with van der Waals surface area (Å²) in [6, 6.07) is 13.0. The molecule has 1 aromatic heterocycles. The van der Waals surface area contributed by atoms with Crippen LogP contribution in [-0.4, -0.2) is 30.6 Å². The van der Waals surface area contributed by atoms with Crippen molar-refractivity contribution in [3.05, 3.63) is 48.7 Å². The second-order valence-electron chi connectivity index (χ2n) is 4.73. The highest BCUT2D eigenvalue weighted by Gasteiger charge is 2.06. The van der Waals surface area contributed by atoms with Crippen molar-refractivity contribution in [3.8, 4) is 5.75 Å². The first-order chi connectivity index (χ1) is 10.7. The Kier molecular flexibility index (Phi) is 5.77. The van der Waals surface area contributed by atoms with Crippen molar-refractivity contribution in [3.63, 3.8) is 0 Å². The lowest BCUT2D eigenvalue weighted by Crippen LogP contribution is -2.23. The maximum Gasteiger partial charge on any atom is 0.262 e. The summed E-state index contributed by atoms with van der Waals surface area (Å²) in [4.78, 5) is 18.3. The Balaban J connectivity index is 1.86. The van der Waals surface area contributed by atoms with Crippen molar-refractivity contribution in [2.45, 2.75) is 13.8 Å². The smallest absolute Gasteiger partial charge is 0.262 e. The molecule has 0 aliphatic rings. The summed E-state index contributed by atoms with van der Waals surface area (Å²) in [5.74, 6) is 1.37. The number of carbonyl (C=O) groups is 1. The van der Waals surface area contributed by atoms with Gasteiger partial charge in [0, 0.05) is 13.1 Å². The van der Waals surface area contributed by atoms with E-state index < -0.39 is 0 Å². The number of rotatable bonds is 7. The van der Waals surface area contributed by atoms with E-state index >= 15 is 0 Å². The van der Waals surface area contributed by atoms with E-state index in [0.29, 0.717) is 11.4 Å². The van der Waals surface area contributed by atoms with E-state index in [1.807, 2.05) is 42.5 Å². The highest BCUT2D eigenvalue weighted by Crippen LogP contribution is 2.14. The van der Waals surface area contributed by atoms with Crippen molar-refractivity contribution in [1.82, 2.24) is 4.98 Å². The fourth-order valence-electron chi connectivity index (χ4n) is 2.06. The summed E-state index contributed by atoms with van der Waals surface area (Å²) in [5, 5.41) is 2.77. The van der Waals surface area contributed by atoms with Crippen molar-refractivity contribution in [1.29, 1.82) is 0 Å². The lowest BCUT2D eigenvalue weighted by Gasteiger charge is -2.19. The third kappa shape index (κ3) is 4.48. The molecule has 0 unspecified atom stereocenters. The van der Waals surface area contributed by atoms with Crippen LogP contribution in [0.1, 0.15) is 13.8 Å². The number of para-hydroxylation sites is 1. The molecule has 2 rings (SSSR count). The number of hydrogen-bond acceptors (Lipinski definition) is 4. The molecular weight excluding hydrogens is 278 g/mol. The fourth-order valence-corrected chi connectivity index (χ4v) is 2.06. The average Bonchev–Trinajstić information content (AvgIpc) is 2.56. The minimum absolute atomic E-state index is 0.0260. The van der Waals surface area contributed by atoms with Gasteiger partial charge in [-0.15, -0.1) is 0 Å². The molecule has 1 N–H and O–H groups in total. The molecule has 0 saturated heterocycles. The Morgan fingerprint density at radius 3 is 2.45 bits per heavy atom. The van der Waals surface area contributed by atoms with E-state index in [2.05, 4.69) is 29.0 Å². The molecule has 22 heavy (non-hydrogen) atoms. The first-order valence-corrected chi connectivity index (χ1v) is 7.41. The van der Waals surface area contributed by atoms with Crippen molar-refractivity contribution in [2.24, 2.45) is 0 Å². The van der Waals surface area contributed by atoms with Crippen LogP contribution in [0, 0.1) is 0 Å². The first-order valence-electron chi connectivity index (χ1n) is 7.41. The van der Waals surface area contributed by atoms with Gasteiger partial charge in [-0.05, 0) is 38.1 Å². The summed E-state index contributed by atoms with van der Waals surface area (Å²) in [6.07, 6.45) is 1.66. The number of nitrogens with one attached hydrogen (secondary N) is 1. The molecule has 1 heterocycles. The van der Waals surface area contributed by atoms with Gasteiger partial charge in [0.05, 0.1) is 11.9 Å². The largest absolute Gasteiger partial charge is 0.484 e. The Morgan fingerprint density at radius 1 is 1.14 bits per heavy atom. The molecule has 2 aromatic rings. The molecule has 0 spiro atoms. The molecule has 0 aliphatic carbocycles. The second-order valence-corrected chi connectivity index (χ2v) is 4.73. The maximum absolute atomic E-state index is 11.8. The first kappa shape index (κ1) is 15.8. The van der Waals surface area contributed by atoms with E-state index in [1.54, 1.807) is 6.20 Å². The van der Waals surface area contributed by atoms with Crippen LogP contribution in [0.5, 0.6) is 5.75 Å². The molecule has 0 bridgehead atoms. The molecule has 1 amide bonds. The van der Waals surface area contributed by atoms with Crippen molar-refractivity contribution in [2.75, 3.05) is 29.9 Å². The topological polar surface area (TPSA) is 54.5 Å². The van der Waals surface area contributed by atoms with E-state index in [-0.39, 0.29) is 12.5 Å². The molecule has 0 fully saturated rings. The quantitative estimate of drug-likeness (QED) is 0.854. The van der Waals surface area contributed by atoms with Gasteiger partial charge in [0.2, 0.25) is 0 Å². The fraction of sp³-hybridized carbons (Fsp3) is 0.294. The highest BCUT2D eigenvalue weighted by molar-refractivity contribution is 5.91. The minimum Gasteiger partial charge on any atom is -0.484 e. The minimum atomic E-state index is -0.207. The third-order valence-corrected chi connectivity index (χ3v) is 3.23. The van der Waals surface area contributed by atoms with Crippen LogP contribution in [-0.2, 0) is 4.79 Å². The van der Waals surface area contributed by atoms with Gasteiger partial charge < -0.3 is 15.0 Å². The average molecular weight is 299 g/mol. The molecule has 116 valence electrons. The summed E-state index contributed by atoms with van der Waals surface area (Å²) in [5.41, 5.74) is 0.664. The van der Waals surface area contributed by atoms with Gasteiger partial charge in [-0.1, -0.05) is 18.2 Å². The number of pyridine rings is 1. The molecule has 1 aromatic carbocycles. The number of nitrogens with zero attached hydrogens (tertiary/aromatic N) is 2. The van der Waals surface area contributed by atoms with Crippen LogP contribution in [0.4, 0.5) is 11.5 Å². The lowest BCUT2D eigenvalue weighted by molar-refractivity contribution is -0.118. The second kappa shape index (κ2) is 8.02. The summed E-state index contributed by atoms with van der Waals surface area (Å²) in [7, 11) is 0. The van der Waals surface area contributed by atoms with Crippen LogP contribution in [0.3, 0.4) is 0 Å². The number of anilines is 2. The molecule has 0 radical (unpaired) electrons. The van der Waals surface area contributed by atoms with Gasteiger partial charge in [-0.25, -0.2) is 4.98 Å². The van der Waals surface area contributed by atoms with Crippen LogP contribution in [0.2, 0.25) is 0 Å². The standard InChI is InChI=1S/C17H21N3O2/c1-3-20(4-2)16-11-10-14(12-18-16)19-17(21)13-22-15-8-6-5-7-9-15/h5-12H,3-4,13H2,1-2H3,(H,19,21). The predicted molar refractivity (Wildman–Crippen MR) is 88.4 cm³/mol. The number of benzene rings is 1. The summed E-state index contributed by atoms with van der Waals surface area (Å²) in [6.45, 7) is 5.95. The number of aromatic nitrogens is 1. The van der Waals surface area contributed by atoms with Crippen LogP contribution < -0.4 is 15.0 Å². The van der Waals surface area contributed by atoms with Gasteiger partial charge >= 0.3 is 0 Å². The van der Waals surface area contributed by atoms with Gasteiger partial charge in [-0.2, -0.15) is 0 Å². The Labute approximate surface area is 130 Å². The highest BCUT2D eigenvalue weighted by atomic mass is 16.5. The van der Waals surface area contributed by atoms with E-state index in [4.69, 9.17) is 4.74 Å². The molecule has 0 atom stereocenters. The lowest BCUT2D eigenvalue weighted by atomic mass is 10.3. The van der Waals surface area contributed by atoms with E-state index in [0.717, 1.165) is 18.9 Å². The summed E-state index contributed by atoms with van der Waals surface area (Å²) >= 11 is 0. The number of amides is 1. The van der Waals surface area contributed by atoms with Gasteiger partial charge in [0.25, 0.3) is 5.91 Å². The zero-order valence-electron chi connectivity index (χ0n) is 13.0. The van der Waals surface area contributed by atoms with Crippen molar-refractivity contribution < 1.29 is 9.53 Å². The van der Waals surface area contributed by atoms with Crippen LogP contribution >= 0.6 is 0 Å². The van der Waals surface area contributed by atoms with Crippen LogP contribution in [0.25, 0.3) is 0 Å². The molecular formula is C17H21N3O2. The van der Waals surface area contributed by atoms with Gasteiger partial charge in [0.1, 0.15) is 11.6 Å². The van der Waals surface area contributed by atoms with Gasteiger partial charge in [0.15, 0.2) is 6.61 Å². The SMILES string of the molecule is CCN(CC)c1ccc(NC(=O)COc2ccccc2)cn1. The monoisotopic (exact) mass is 299 g/mol. The summed E-state index contributed by atoms with van der Waals surface area (Å²) < 4.78 is 5.40. The van der Waals surface area contributed by atoms with Crippen molar-refractivity contribution >= 4 is 17.4 Å². The van der Waals surface area contributed by atoms with Crippen LogP contribution in [0.15, 0.2) is 48.7 Å². The Morgan fingerprint density at radius 2 is 1.86 bits per heavy atom. The predicted octanol–water partition coefficient (Wildman–Crippen LogP) is 2.95. The molecule has 0 aliphatic heterocycles. The third-order valence-electron chi connectivity index (χ3n) is 3.23. The normalized spacial score (nSPS) is 10.1. The molecule has 0 saturated carbocycles. The molecule has 5 heteroatoms. The number of carbonyl (C=O) groups excluding carboxylic acids is 1. The van der Waals surface area contributed by atoms with E-state index in [1.165, 1.54) is 0 Å². The zero-order valence-corrected chi connectivity index (χ0v) is 13.0. The number of ether oxygens (including phenoxy) is 1.